The maximum Gasteiger partial charge on any atom is 0.387 e. The smallest absolute Gasteiger partial charge is 0.387 e. The normalized spacial score (nSPS) is 15.1. The van der Waals surface area contributed by atoms with Gasteiger partial charge >= 0.3 is 6.61 Å². The minimum Gasteiger partial charge on any atom is -0.435 e. The molecule has 1 fully saturated rings. The second-order valence-electron chi connectivity index (χ2n) is 3.96. The van der Waals surface area contributed by atoms with Crippen molar-refractivity contribution in [2.75, 3.05) is 0 Å². The molecule has 0 aliphatic heterocycles. The number of carbonyl (C=O) groups is 1. The van der Waals surface area contributed by atoms with Crippen molar-refractivity contribution in [1.29, 1.82) is 0 Å². The largest absolute Gasteiger partial charge is 0.435 e. The maximum atomic E-state index is 11.9. The summed E-state index contributed by atoms with van der Waals surface area (Å²) in [6.45, 7) is -2.83. The van der Waals surface area contributed by atoms with Crippen molar-refractivity contribution < 1.29 is 18.3 Å². The number of carbonyl (C=O) groups excluding carboxylic acids is 1. The molecule has 0 spiro atoms. The van der Waals surface area contributed by atoms with Crippen LogP contribution < -0.4 is 10.2 Å². The van der Waals surface area contributed by atoms with Crippen molar-refractivity contribution in [3.05, 3.63) is 29.8 Å². The average molecular weight is 254 g/mol. The second kappa shape index (κ2) is 5.57. The van der Waals surface area contributed by atoms with Crippen molar-refractivity contribution in [3.63, 3.8) is 0 Å². The van der Waals surface area contributed by atoms with Crippen molar-refractivity contribution in [2.24, 2.45) is 11.0 Å². The Kier molecular flexibility index (Phi) is 3.86. The van der Waals surface area contributed by atoms with Crippen LogP contribution in [-0.4, -0.2) is 18.7 Å². The first-order valence-electron chi connectivity index (χ1n) is 5.53. The predicted molar refractivity (Wildman–Crippen MR) is 61.5 cm³/mol. The number of nitrogens with one attached hydrogen (secondary N) is 1. The molecule has 1 aliphatic rings. The molecule has 1 N–H and O–H groups in total. The molecule has 0 aromatic heterocycles. The third-order valence-electron chi connectivity index (χ3n) is 2.44. The van der Waals surface area contributed by atoms with Gasteiger partial charge in [-0.15, -0.1) is 0 Å². The molecule has 6 heteroatoms. The van der Waals surface area contributed by atoms with Gasteiger partial charge in [0.1, 0.15) is 5.75 Å². The van der Waals surface area contributed by atoms with Crippen LogP contribution in [0.3, 0.4) is 0 Å². The third kappa shape index (κ3) is 3.80. The standard InChI is InChI=1S/C12H12F2N2O2/c13-12(14)18-10-5-1-8(2-6-10)7-15-16-11(17)9-3-4-9/h1-2,5-7,9,12H,3-4H2,(H,16,17)/b15-7-. The van der Waals surface area contributed by atoms with Gasteiger partial charge in [0.25, 0.3) is 0 Å². The third-order valence-corrected chi connectivity index (χ3v) is 2.44. The number of ether oxygens (including phenoxy) is 1. The lowest BCUT2D eigenvalue weighted by Gasteiger charge is -2.03. The quantitative estimate of drug-likeness (QED) is 0.646. The van der Waals surface area contributed by atoms with Gasteiger partial charge in [-0.1, -0.05) is 0 Å². The zero-order valence-corrected chi connectivity index (χ0v) is 9.48. The molecule has 0 atom stereocenters. The molecule has 1 aliphatic carbocycles. The number of rotatable bonds is 5. The number of hydrogen-bond acceptors (Lipinski definition) is 3. The van der Waals surface area contributed by atoms with E-state index in [1.54, 1.807) is 12.1 Å². The first-order chi connectivity index (χ1) is 8.65. The Labute approximate surface area is 103 Å². The molecule has 2 rings (SSSR count). The number of alkyl halides is 2. The fourth-order valence-electron chi connectivity index (χ4n) is 1.34. The lowest BCUT2D eigenvalue weighted by molar-refractivity contribution is -0.122. The monoisotopic (exact) mass is 254 g/mol. The Morgan fingerprint density at radius 3 is 2.61 bits per heavy atom. The number of halogens is 2. The van der Waals surface area contributed by atoms with Crippen LogP contribution in [0.5, 0.6) is 5.75 Å². The summed E-state index contributed by atoms with van der Waals surface area (Å²) in [6.07, 6.45) is 3.29. The fraction of sp³-hybridized carbons (Fsp3) is 0.333. The molecule has 1 aromatic rings. The van der Waals surface area contributed by atoms with Gasteiger partial charge in [0.2, 0.25) is 5.91 Å². The molecule has 96 valence electrons. The van der Waals surface area contributed by atoms with E-state index in [2.05, 4.69) is 15.3 Å². The summed E-state index contributed by atoms with van der Waals surface area (Å²) in [6, 6.07) is 5.97. The van der Waals surface area contributed by atoms with Crippen LogP contribution in [0.25, 0.3) is 0 Å². The fourth-order valence-corrected chi connectivity index (χ4v) is 1.34. The second-order valence-corrected chi connectivity index (χ2v) is 3.96. The Bertz CT molecular complexity index is 442. The molecule has 1 aromatic carbocycles. The van der Waals surface area contributed by atoms with Gasteiger partial charge in [0, 0.05) is 5.92 Å². The van der Waals surface area contributed by atoms with Crippen LogP contribution >= 0.6 is 0 Å². The molecule has 1 amide bonds. The van der Waals surface area contributed by atoms with Gasteiger partial charge in [-0.3, -0.25) is 4.79 Å². The summed E-state index contributed by atoms with van der Waals surface area (Å²) < 4.78 is 28.0. The van der Waals surface area contributed by atoms with Crippen LogP contribution in [0.2, 0.25) is 0 Å². The van der Waals surface area contributed by atoms with E-state index in [-0.39, 0.29) is 17.6 Å². The van der Waals surface area contributed by atoms with Crippen molar-refractivity contribution >= 4 is 12.1 Å². The van der Waals surface area contributed by atoms with E-state index in [4.69, 9.17) is 0 Å². The highest BCUT2D eigenvalue weighted by atomic mass is 19.3. The summed E-state index contributed by atoms with van der Waals surface area (Å²) in [5.41, 5.74) is 3.11. The highest BCUT2D eigenvalue weighted by Gasteiger charge is 2.29. The SMILES string of the molecule is O=C(N/N=C\c1ccc(OC(F)F)cc1)C1CC1. The van der Waals surface area contributed by atoms with Gasteiger partial charge in [-0.25, -0.2) is 5.43 Å². The van der Waals surface area contributed by atoms with E-state index < -0.39 is 6.61 Å². The highest BCUT2D eigenvalue weighted by molar-refractivity contribution is 5.84. The summed E-state index contributed by atoms with van der Waals surface area (Å²) in [5.74, 6) is 0.108. The first-order valence-corrected chi connectivity index (χ1v) is 5.53. The van der Waals surface area contributed by atoms with Crippen molar-refractivity contribution in [3.8, 4) is 5.75 Å². The van der Waals surface area contributed by atoms with Crippen LogP contribution in [0.15, 0.2) is 29.4 Å². The topological polar surface area (TPSA) is 50.7 Å². The van der Waals surface area contributed by atoms with Crippen LogP contribution in [0.1, 0.15) is 18.4 Å². The molecule has 4 nitrogen and oxygen atoms in total. The predicted octanol–water partition coefficient (Wildman–Crippen LogP) is 2.15. The van der Waals surface area contributed by atoms with Crippen molar-refractivity contribution in [1.82, 2.24) is 5.43 Å². The Hall–Kier alpha value is -1.98. The van der Waals surface area contributed by atoms with Gasteiger partial charge in [-0.05, 0) is 42.7 Å². The van der Waals surface area contributed by atoms with E-state index in [1.807, 2.05) is 0 Å². The summed E-state index contributed by atoms with van der Waals surface area (Å²) >= 11 is 0. The van der Waals surface area contributed by atoms with Crippen LogP contribution in [-0.2, 0) is 4.79 Å². The zero-order valence-electron chi connectivity index (χ0n) is 9.48. The lowest BCUT2D eigenvalue weighted by Crippen LogP contribution is -2.18. The lowest BCUT2D eigenvalue weighted by atomic mass is 10.2. The van der Waals surface area contributed by atoms with E-state index >= 15 is 0 Å². The Balaban J connectivity index is 1.85. The van der Waals surface area contributed by atoms with Crippen molar-refractivity contribution in [2.45, 2.75) is 19.5 Å². The number of nitrogens with zero attached hydrogens (tertiary/aromatic N) is 1. The summed E-state index contributed by atoms with van der Waals surface area (Å²) in [5, 5.41) is 3.78. The number of benzene rings is 1. The first kappa shape index (κ1) is 12.5. The molecule has 0 radical (unpaired) electrons. The molecule has 0 heterocycles. The summed E-state index contributed by atoms with van der Waals surface area (Å²) in [4.78, 5) is 11.2. The summed E-state index contributed by atoms with van der Waals surface area (Å²) in [7, 11) is 0. The minimum atomic E-state index is -2.83. The Morgan fingerprint density at radius 1 is 1.39 bits per heavy atom. The number of amides is 1. The molecule has 0 unspecified atom stereocenters. The van der Waals surface area contributed by atoms with Gasteiger partial charge in [-0.2, -0.15) is 13.9 Å². The minimum absolute atomic E-state index is 0.0797. The molecular formula is C12H12F2N2O2. The zero-order chi connectivity index (χ0) is 13.0. The van der Waals surface area contributed by atoms with E-state index in [0.29, 0.717) is 5.56 Å². The van der Waals surface area contributed by atoms with E-state index in [9.17, 15) is 13.6 Å². The Morgan fingerprint density at radius 2 is 2.06 bits per heavy atom. The number of hydrogen-bond donors (Lipinski definition) is 1. The van der Waals surface area contributed by atoms with Gasteiger partial charge in [0.05, 0.1) is 6.21 Å². The van der Waals surface area contributed by atoms with Crippen LogP contribution in [0.4, 0.5) is 8.78 Å². The molecule has 0 bridgehead atoms. The van der Waals surface area contributed by atoms with Gasteiger partial charge in [0.15, 0.2) is 0 Å². The van der Waals surface area contributed by atoms with E-state index in [0.717, 1.165) is 12.8 Å². The van der Waals surface area contributed by atoms with Crippen LogP contribution in [0, 0.1) is 5.92 Å². The molecule has 0 saturated heterocycles. The highest BCUT2D eigenvalue weighted by Crippen LogP contribution is 2.28. The molecule has 18 heavy (non-hydrogen) atoms. The maximum absolute atomic E-state index is 11.9. The van der Waals surface area contributed by atoms with Gasteiger partial charge < -0.3 is 4.74 Å². The number of hydrazone groups is 1. The molecule has 1 saturated carbocycles. The van der Waals surface area contributed by atoms with E-state index in [1.165, 1.54) is 18.3 Å². The molecular weight excluding hydrogens is 242 g/mol. The average Bonchev–Trinajstić information content (AvgIpc) is 3.14.